The van der Waals surface area contributed by atoms with Crippen molar-refractivity contribution in [2.24, 2.45) is 7.05 Å². The van der Waals surface area contributed by atoms with E-state index in [1.807, 2.05) is 43.3 Å². The number of rotatable bonds is 3. The highest BCUT2D eigenvalue weighted by Crippen LogP contribution is 2.23. The van der Waals surface area contributed by atoms with E-state index in [1.165, 1.54) is 0 Å². The number of likely N-dealkylation sites (tertiary alicyclic amines) is 1. The van der Waals surface area contributed by atoms with E-state index in [-0.39, 0.29) is 11.9 Å². The fourth-order valence-electron chi connectivity index (χ4n) is 3.06. The smallest absolute Gasteiger partial charge is 0.275 e. The second kappa shape index (κ2) is 5.25. The van der Waals surface area contributed by atoms with Crippen LogP contribution in [0.5, 0.6) is 0 Å². The molecular weight excluding hydrogens is 252 g/mol. The number of fused-ring (bicyclic) bond motifs is 1. The van der Waals surface area contributed by atoms with Crippen LogP contribution in [0.15, 0.2) is 24.3 Å². The fourth-order valence-corrected chi connectivity index (χ4v) is 3.06. The topological polar surface area (TPSA) is 50.2 Å². The first-order valence-electron chi connectivity index (χ1n) is 7.09. The number of nitrogens with one attached hydrogen (secondary N) is 1. The first-order valence-corrected chi connectivity index (χ1v) is 7.09. The van der Waals surface area contributed by atoms with E-state index in [9.17, 15) is 4.79 Å². The first kappa shape index (κ1) is 13.1. The van der Waals surface area contributed by atoms with Crippen LogP contribution in [0.1, 0.15) is 23.3 Å². The van der Waals surface area contributed by atoms with Gasteiger partial charge in [-0.1, -0.05) is 18.2 Å². The van der Waals surface area contributed by atoms with E-state index in [2.05, 4.69) is 10.4 Å². The third kappa shape index (κ3) is 2.08. The molecule has 2 aromatic rings. The van der Waals surface area contributed by atoms with Gasteiger partial charge in [0.25, 0.3) is 5.91 Å². The lowest BCUT2D eigenvalue weighted by Gasteiger charge is -2.23. The van der Waals surface area contributed by atoms with Gasteiger partial charge in [0, 0.05) is 31.6 Å². The number of carbonyl (C=O) groups is 1. The number of para-hydroxylation sites is 1. The molecule has 1 aliphatic heterocycles. The molecule has 0 bridgehead atoms. The zero-order chi connectivity index (χ0) is 14.1. The van der Waals surface area contributed by atoms with Gasteiger partial charge in [0.1, 0.15) is 0 Å². The third-order valence-electron chi connectivity index (χ3n) is 4.04. The van der Waals surface area contributed by atoms with Crippen molar-refractivity contribution in [1.29, 1.82) is 0 Å². The van der Waals surface area contributed by atoms with Crippen molar-refractivity contribution in [1.82, 2.24) is 20.0 Å². The van der Waals surface area contributed by atoms with Crippen molar-refractivity contribution in [2.45, 2.75) is 18.9 Å². The summed E-state index contributed by atoms with van der Waals surface area (Å²) in [5.74, 6) is 0.0551. The number of carbonyl (C=O) groups excluding carboxylic acids is 1. The minimum Gasteiger partial charge on any atom is -0.333 e. The minimum atomic E-state index is 0.0551. The van der Waals surface area contributed by atoms with Crippen LogP contribution in [0.3, 0.4) is 0 Å². The predicted molar refractivity (Wildman–Crippen MR) is 78.7 cm³/mol. The maximum atomic E-state index is 12.8. The Labute approximate surface area is 118 Å². The number of aromatic nitrogens is 2. The van der Waals surface area contributed by atoms with Crippen LogP contribution in [0.4, 0.5) is 0 Å². The van der Waals surface area contributed by atoms with E-state index in [0.717, 1.165) is 36.8 Å². The van der Waals surface area contributed by atoms with Gasteiger partial charge >= 0.3 is 0 Å². The maximum absolute atomic E-state index is 12.8. The Kier molecular flexibility index (Phi) is 3.44. The lowest BCUT2D eigenvalue weighted by Crippen LogP contribution is -2.41. The molecule has 1 N–H and O–H groups in total. The second-order valence-corrected chi connectivity index (χ2v) is 5.34. The van der Waals surface area contributed by atoms with Gasteiger partial charge in [-0.05, 0) is 26.0 Å². The van der Waals surface area contributed by atoms with Crippen LogP contribution in [-0.4, -0.2) is 46.8 Å². The molecule has 106 valence electrons. The van der Waals surface area contributed by atoms with Crippen LogP contribution in [0.25, 0.3) is 10.9 Å². The van der Waals surface area contributed by atoms with Gasteiger partial charge in [0.2, 0.25) is 0 Å². The summed E-state index contributed by atoms with van der Waals surface area (Å²) in [6.07, 6.45) is 2.14. The summed E-state index contributed by atoms with van der Waals surface area (Å²) in [5, 5.41) is 8.54. The van der Waals surface area contributed by atoms with Crippen LogP contribution < -0.4 is 5.32 Å². The molecule has 1 atom stereocenters. The van der Waals surface area contributed by atoms with Gasteiger partial charge in [-0.25, -0.2) is 0 Å². The Hall–Kier alpha value is -1.88. The Balaban J connectivity index is 1.96. The molecule has 0 radical (unpaired) electrons. The lowest BCUT2D eigenvalue weighted by molar-refractivity contribution is 0.0732. The van der Waals surface area contributed by atoms with Gasteiger partial charge in [-0.15, -0.1) is 0 Å². The summed E-state index contributed by atoms with van der Waals surface area (Å²) >= 11 is 0. The summed E-state index contributed by atoms with van der Waals surface area (Å²) < 4.78 is 1.78. The second-order valence-electron chi connectivity index (χ2n) is 5.34. The SMILES string of the molecule is CNCC1CCCN1C(=O)c1nn(C)c2ccccc12. The molecule has 5 nitrogen and oxygen atoms in total. The summed E-state index contributed by atoms with van der Waals surface area (Å²) in [6.45, 7) is 1.67. The zero-order valence-corrected chi connectivity index (χ0v) is 12.0. The van der Waals surface area contributed by atoms with Crippen molar-refractivity contribution in [3.63, 3.8) is 0 Å². The van der Waals surface area contributed by atoms with Crippen LogP contribution in [0, 0.1) is 0 Å². The number of aryl methyl sites for hydroxylation is 1. The highest BCUT2D eigenvalue weighted by molar-refractivity contribution is 6.05. The van der Waals surface area contributed by atoms with Crippen molar-refractivity contribution in [3.8, 4) is 0 Å². The zero-order valence-electron chi connectivity index (χ0n) is 12.0. The van der Waals surface area contributed by atoms with Crippen LogP contribution in [-0.2, 0) is 7.05 Å². The van der Waals surface area contributed by atoms with Crippen molar-refractivity contribution in [2.75, 3.05) is 20.1 Å². The molecule has 0 spiro atoms. The molecule has 1 aliphatic rings. The molecule has 1 aromatic heterocycles. The number of benzene rings is 1. The van der Waals surface area contributed by atoms with Gasteiger partial charge in [0.15, 0.2) is 5.69 Å². The summed E-state index contributed by atoms with van der Waals surface area (Å²) in [5.41, 5.74) is 1.58. The average Bonchev–Trinajstić information content (AvgIpc) is 3.04. The Morgan fingerprint density at radius 1 is 1.45 bits per heavy atom. The molecule has 1 unspecified atom stereocenters. The van der Waals surface area contributed by atoms with Crippen LogP contribution in [0.2, 0.25) is 0 Å². The Morgan fingerprint density at radius 3 is 3.05 bits per heavy atom. The average molecular weight is 272 g/mol. The Bertz CT molecular complexity index is 634. The maximum Gasteiger partial charge on any atom is 0.275 e. The van der Waals surface area contributed by atoms with Gasteiger partial charge in [-0.2, -0.15) is 5.10 Å². The number of amides is 1. The standard InChI is InChI=1S/C15H20N4O/c1-16-10-11-6-5-9-19(11)15(20)14-12-7-3-4-8-13(12)18(2)17-14/h3-4,7-8,11,16H,5-6,9-10H2,1-2H3. The van der Waals surface area contributed by atoms with Crippen molar-refractivity contribution >= 4 is 16.8 Å². The molecule has 1 saturated heterocycles. The first-order chi connectivity index (χ1) is 9.72. The van der Waals surface area contributed by atoms with Gasteiger partial charge in [-0.3, -0.25) is 9.48 Å². The number of hydrogen-bond acceptors (Lipinski definition) is 3. The fraction of sp³-hybridized carbons (Fsp3) is 0.467. The normalized spacial score (nSPS) is 18.9. The molecule has 0 saturated carbocycles. The molecule has 0 aliphatic carbocycles. The van der Waals surface area contributed by atoms with Crippen molar-refractivity contribution in [3.05, 3.63) is 30.0 Å². The molecule has 2 heterocycles. The molecule has 1 amide bonds. The summed E-state index contributed by atoms with van der Waals surface area (Å²) in [7, 11) is 3.81. The quantitative estimate of drug-likeness (QED) is 0.919. The van der Waals surface area contributed by atoms with Gasteiger partial charge in [0.05, 0.1) is 5.52 Å². The molecule has 5 heteroatoms. The number of likely N-dealkylation sites (N-methyl/N-ethyl adjacent to an activating group) is 1. The monoisotopic (exact) mass is 272 g/mol. The molecule has 3 rings (SSSR count). The predicted octanol–water partition coefficient (Wildman–Crippen LogP) is 1.40. The van der Waals surface area contributed by atoms with Crippen molar-refractivity contribution < 1.29 is 4.79 Å². The molecule has 1 fully saturated rings. The van der Waals surface area contributed by atoms with E-state index in [1.54, 1.807) is 4.68 Å². The largest absolute Gasteiger partial charge is 0.333 e. The molecule has 20 heavy (non-hydrogen) atoms. The third-order valence-corrected chi connectivity index (χ3v) is 4.04. The summed E-state index contributed by atoms with van der Waals surface area (Å²) in [6, 6.07) is 8.17. The highest BCUT2D eigenvalue weighted by atomic mass is 16.2. The van der Waals surface area contributed by atoms with Crippen LogP contribution >= 0.6 is 0 Å². The van der Waals surface area contributed by atoms with E-state index < -0.39 is 0 Å². The number of hydrogen-bond donors (Lipinski definition) is 1. The molecule has 1 aromatic carbocycles. The minimum absolute atomic E-state index is 0.0551. The van der Waals surface area contributed by atoms with E-state index in [0.29, 0.717) is 5.69 Å². The number of nitrogens with zero attached hydrogens (tertiary/aromatic N) is 3. The Morgan fingerprint density at radius 2 is 2.25 bits per heavy atom. The van der Waals surface area contributed by atoms with Gasteiger partial charge < -0.3 is 10.2 Å². The molecular formula is C15H20N4O. The summed E-state index contributed by atoms with van der Waals surface area (Å²) in [4.78, 5) is 14.7. The lowest BCUT2D eigenvalue weighted by atomic mass is 10.1. The van der Waals surface area contributed by atoms with E-state index in [4.69, 9.17) is 0 Å². The van der Waals surface area contributed by atoms with E-state index >= 15 is 0 Å². The highest BCUT2D eigenvalue weighted by Gasteiger charge is 2.31.